The van der Waals surface area contributed by atoms with E-state index in [1.807, 2.05) is 48.0 Å². The number of benzene rings is 1. The molecule has 0 aliphatic carbocycles. The second-order valence-corrected chi connectivity index (χ2v) is 5.03. The van der Waals surface area contributed by atoms with Crippen molar-refractivity contribution in [3.8, 4) is 5.75 Å². The number of hydrogen-bond acceptors (Lipinski definition) is 4. The molecule has 2 N–H and O–H groups in total. The maximum Gasteiger partial charge on any atom is 0.191 e. The Morgan fingerprint density at radius 3 is 2.80 bits per heavy atom. The van der Waals surface area contributed by atoms with E-state index in [9.17, 15) is 0 Å². The molecule has 0 atom stereocenters. The van der Waals surface area contributed by atoms with E-state index >= 15 is 0 Å². The van der Waals surface area contributed by atoms with Gasteiger partial charge in [-0.25, -0.2) is 0 Å². The summed E-state index contributed by atoms with van der Waals surface area (Å²) in [5, 5.41) is 11.6. The Morgan fingerprint density at radius 1 is 1.35 bits per heavy atom. The minimum atomic E-state index is 0.445. The van der Waals surface area contributed by atoms with Gasteiger partial charge in [-0.15, -0.1) is 0 Å². The van der Waals surface area contributed by atoms with Crippen molar-refractivity contribution in [2.75, 3.05) is 11.9 Å². The molecule has 2 aromatic rings. The fourth-order valence-corrected chi connectivity index (χ4v) is 2.26. The number of rotatable bonds is 5. The van der Waals surface area contributed by atoms with Crippen LogP contribution in [0.4, 0.5) is 5.69 Å². The zero-order valence-corrected chi connectivity index (χ0v) is 12.6. The summed E-state index contributed by atoms with van der Waals surface area (Å²) in [6, 6.07) is 9.58. The van der Waals surface area contributed by atoms with Crippen molar-refractivity contribution in [2.45, 2.75) is 6.92 Å². The van der Waals surface area contributed by atoms with Crippen LogP contribution in [-0.4, -0.2) is 17.9 Å². The lowest BCUT2D eigenvalue weighted by Crippen LogP contribution is -2.23. The van der Waals surface area contributed by atoms with E-state index in [0.717, 1.165) is 17.0 Å². The van der Waals surface area contributed by atoms with E-state index in [-0.39, 0.29) is 0 Å². The van der Waals surface area contributed by atoms with Crippen molar-refractivity contribution in [2.24, 2.45) is 5.10 Å². The van der Waals surface area contributed by atoms with Gasteiger partial charge in [-0.1, -0.05) is 0 Å². The van der Waals surface area contributed by atoms with Crippen LogP contribution in [0, 0.1) is 0 Å². The van der Waals surface area contributed by atoms with Gasteiger partial charge in [0.1, 0.15) is 5.75 Å². The fraction of sp³-hybridized carbons (Fsp3) is 0.143. The van der Waals surface area contributed by atoms with Gasteiger partial charge >= 0.3 is 0 Å². The molecule has 0 saturated carbocycles. The first-order valence-corrected chi connectivity index (χ1v) is 7.48. The minimum absolute atomic E-state index is 0.445. The maximum atomic E-state index is 5.37. The third-order valence-corrected chi connectivity index (χ3v) is 3.24. The van der Waals surface area contributed by atoms with Gasteiger partial charge in [0.2, 0.25) is 0 Å². The Labute approximate surface area is 127 Å². The molecule has 0 fully saturated rings. The van der Waals surface area contributed by atoms with Gasteiger partial charge < -0.3 is 10.1 Å². The molecule has 2 rings (SSSR count). The average Bonchev–Trinajstić information content (AvgIpc) is 2.94. The average molecular weight is 305 g/mol. The van der Waals surface area contributed by atoms with E-state index in [1.54, 1.807) is 17.6 Å². The van der Waals surface area contributed by atoms with Crippen LogP contribution in [-0.2, 0) is 0 Å². The van der Waals surface area contributed by atoms with Crippen LogP contribution in [0.25, 0.3) is 0 Å². The van der Waals surface area contributed by atoms with Crippen molar-refractivity contribution < 1.29 is 4.74 Å². The SMILES string of the molecule is CCOc1ccc(NC(=S)N/N=C\c2ccsc2)cc1. The summed E-state index contributed by atoms with van der Waals surface area (Å²) in [5.74, 6) is 0.840. The summed E-state index contributed by atoms with van der Waals surface area (Å²) in [5.41, 5.74) is 4.71. The monoisotopic (exact) mass is 305 g/mol. The third kappa shape index (κ3) is 4.64. The lowest BCUT2D eigenvalue weighted by Gasteiger charge is -2.08. The van der Waals surface area contributed by atoms with Crippen LogP contribution in [0.1, 0.15) is 12.5 Å². The first kappa shape index (κ1) is 14.5. The highest BCUT2D eigenvalue weighted by Gasteiger charge is 1.97. The largest absolute Gasteiger partial charge is 0.494 e. The standard InChI is InChI=1S/C14H15N3OS2/c1-2-18-13-5-3-12(4-6-13)16-14(19)17-15-9-11-7-8-20-10-11/h3-10H,2H2,1H3,(H2,16,17,19)/b15-9-. The molecule has 20 heavy (non-hydrogen) atoms. The minimum Gasteiger partial charge on any atom is -0.494 e. The van der Waals surface area contributed by atoms with Gasteiger partial charge in [0.25, 0.3) is 0 Å². The number of ether oxygens (including phenoxy) is 1. The Morgan fingerprint density at radius 2 is 2.15 bits per heavy atom. The highest BCUT2D eigenvalue weighted by molar-refractivity contribution is 7.80. The second kappa shape index (κ2) is 7.62. The Bertz CT molecular complexity index is 565. The van der Waals surface area contributed by atoms with Gasteiger partial charge in [0.05, 0.1) is 12.8 Å². The van der Waals surface area contributed by atoms with Crippen LogP contribution in [0.5, 0.6) is 5.75 Å². The van der Waals surface area contributed by atoms with Crippen molar-refractivity contribution in [1.82, 2.24) is 5.43 Å². The summed E-state index contributed by atoms with van der Waals surface area (Å²) >= 11 is 6.78. The van der Waals surface area contributed by atoms with Gasteiger partial charge in [0, 0.05) is 11.3 Å². The first-order valence-electron chi connectivity index (χ1n) is 6.13. The molecule has 0 aliphatic rings. The lowest BCUT2D eigenvalue weighted by molar-refractivity contribution is 0.340. The summed E-state index contributed by atoms with van der Waals surface area (Å²) in [7, 11) is 0. The molecule has 104 valence electrons. The molecule has 6 heteroatoms. The number of anilines is 1. The van der Waals surface area contributed by atoms with Crippen molar-refractivity contribution in [1.29, 1.82) is 0 Å². The lowest BCUT2D eigenvalue weighted by atomic mass is 10.3. The summed E-state index contributed by atoms with van der Waals surface area (Å²) in [4.78, 5) is 0. The Balaban J connectivity index is 1.82. The number of nitrogens with zero attached hydrogens (tertiary/aromatic N) is 1. The van der Waals surface area contributed by atoms with Crippen molar-refractivity contribution in [3.05, 3.63) is 46.7 Å². The third-order valence-electron chi connectivity index (χ3n) is 2.35. The molecule has 0 radical (unpaired) electrons. The molecule has 0 unspecified atom stereocenters. The maximum absolute atomic E-state index is 5.37. The number of thiophene rings is 1. The van der Waals surface area contributed by atoms with Crippen LogP contribution in [0.2, 0.25) is 0 Å². The van der Waals surface area contributed by atoms with Gasteiger partial charge in [-0.2, -0.15) is 16.4 Å². The number of hydrogen-bond donors (Lipinski definition) is 2. The molecule has 0 spiro atoms. The molecule has 1 aromatic carbocycles. The molecule has 4 nitrogen and oxygen atoms in total. The molecule has 0 bridgehead atoms. The highest BCUT2D eigenvalue weighted by Crippen LogP contribution is 2.15. The molecule has 1 heterocycles. The predicted molar refractivity (Wildman–Crippen MR) is 88.9 cm³/mol. The molecule has 0 saturated heterocycles. The van der Waals surface area contributed by atoms with E-state index in [0.29, 0.717) is 11.7 Å². The summed E-state index contributed by atoms with van der Waals surface area (Å²) in [6.45, 7) is 2.61. The smallest absolute Gasteiger partial charge is 0.191 e. The van der Waals surface area contributed by atoms with Crippen LogP contribution < -0.4 is 15.5 Å². The molecule has 0 aliphatic heterocycles. The van der Waals surface area contributed by atoms with Crippen LogP contribution in [0.15, 0.2) is 46.2 Å². The predicted octanol–water partition coefficient (Wildman–Crippen LogP) is 3.47. The second-order valence-electron chi connectivity index (χ2n) is 3.84. The molecular formula is C14H15N3OS2. The van der Waals surface area contributed by atoms with E-state index in [4.69, 9.17) is 17.0 Å². The molecule has 1 aromatic heterocycles. The summed E-state index contributed by atoms with van der Waals surface area (Å²) in [6.07, 6.45) is 1.72. The van der Waals surface area contributed by atoms with E-state index < -0.39 is 0 Å². The van der Waals surface area contributed by atoms with Crippen LogP contribution >= 0.6 is 23.6 Å². The molecular weight excluding hydrogens is 290 g/mol. The number of hydrazone groups is 1. The Hall–Kier alpha value is -1.92. The zero-order chi connectivity index (χ0) is 14.2. The first-order chi connectivity index (χ1) is 9.78. The van der Waals surface area contributed by atoms with Gasteiger partial charge in [0.15, 0.2) is 5.11 Å². The zero-order valence-electron chi connectivity index (χ0n) is 11.0. The number of thiocarbonyl (C=S) groups is 1. The quantitative estimate of drug-likeness (QED) is 0.504. The normalized spacial score (nSPS) is 10.4. The van der Waals surface area contributed by atoms with Crippen molar-refractivity contribution >= 4 is 40.6 Å². The van der Waals surface area contributed by atoms with Gasteiger partial charge in [-0.05, 0) is 60.2 Å². The summed E-state index contributed by atoms with van der Waals surface area (Å²) < 4.78 is 5.37. The number of nitrogens with one attached hydrogen (secondary N) is 2. The van der Waals surface area contributed by atoms with Crippen LogP contribution in [0.3, 0.4) is 0 Å². The topological polar surface area (TPSA) is 45.6 Å². The fourth-order valence-electron chi connectivity index (χ4n) is 1.47. The van der Waals surface area contributed by atoms with Gasteiger partial charge in [-0.3, -0.25) is 5.43 Å². The van der Waals surface area contributed by atoms with E-state index in [2.05, 4.69) is 15.8 Å². The highest BCUT2D eigenvalue weighted by atomic mass is 32.1. The van der Waals surface area contributed by atoms with Crippen molar-refractivity contribution in [3.63, 3.8) is 0 Å². The molecule has 0 amide bonds. The van der Waals surface area contributed by atoms with E-state index in [1.165, 1.54) is 0 Å². The Kier molecular flexibility index (Phi) is 5.52.